The summed E-state index contributed by atoms with van der Waals surface area (Å²) in [6.45, 7) is 10.1. The van der Waals surface area contributed by atoms with E-state index in [2.05, 4.69) is 33.7 Å². The van der Waals surface area contributed by atoms with Gasteiger partial charge in [-0.15, -0.1) is 11.3 Å². The molecular weight excluding hydrogens is 532 g/mol. The number of Topliss-reactive ketones (excluding diaryl/α,β-unsaturated/α-hetero) is 2. The van der Waals surface area contributed by atoms with Crippen LogP contribution in [0.15, 0.2) is 30.4 Å². The van der Waals surface area contributed by atoms with E-state index in [1.165, 1.54) is 18.3 Å². The third kappa shape index (κ3) is 8.68. The molecule has 0 bridgehead atoms. The van der Waals surface area contributed by atoms with E-state index in [0.29, 0.717) is 42.3 Å². The maximum absolute atomic E-state index is 13.6. The van der Waals surface area contributed by atoms with E-state index < -0.39 is 5.92 Å². The number of carbonyl (C=O) groups is 3. The lowest BCUT2D eigenvalue weighted by molar-refractivity contribution is -0.129. The van der Waals surface area contributed by atoms with E-state index in [-0.39, 0.29) is 29.9 Å². The quantitative estimate of drug-likeness (QED) is 0.343. The molecular formula is C30H41ClN4O3S. The van der Waals surface area contributed by atoms with Crippen LogP contribution >= 0.6 is 22.9 Å². The van der Waals surface area contributed by atoms with E-state index in [1.54, 1.807) is 6.07 Å². The van der Waals surface area contributed by atoms with E-state index in [0.717, 1.165) is 67.1 Å². The number of fused-ring (bicyclic) bond motifs is 1. The minimum Gasteiger partial charge on any atom is -0.353 e. The molecule has 0 unspecified atom stereocenters. The molecule has 2 atom stereocenters. The van der Waals surface area contributed by atoms with Gasteiger partial charge in [0.25, 0.3) is 0 Å². The second-order valence-electron chi connectivity index (χ2n) is 11.3. The van der Waals surface area contributed by atoms with Crippen LogP contribution in [-0.4, -0.2) is 78.1 Å². The molecule has 2 heterocycles. The van der Waals surface area contributed by atoms with Crippen LogP contribution in [0, 0.1) is 11.8 Å². The zero-order valence-electron chi connectivity index (χ0n) is 23.2. The Morgan fingerprint density at radius 1 is 1.18 bits per heavy atom. The van der Waals surface area contributed by atoms with Gasteiger partial charge in [0.15, 0.2) is 5.78 Å². The van der Waals surface area contributed by atoms with Crippen molar-refractivity contribution in [2.45, 2.75) is 64.3 Å². The van der Waals surface area contributed by atoms with E-state index >= 15 is 0 Å². The normalized spacial score (nSPS) is 18.7. The molecule has 1 aliphatic heterocycles. The summed E-state index contributed by atoms with van der Waals surface area (Å²) in [5.74, 6) is -0.199. The molecule has 1 N–H and O–H groups in total. The predicted octanol–water partition coefficient (Wildman–Crippen LogP) is 4.92. The third-order valence-electron chi connectivity index (χ3n) is 8.10. The third-order valence-corrected chi connectivity index (χ3v) is 9.38. The minimum atomic E-state index is -0.495. The molecule has 2 aliphatic rings. The van der Waals surface area contributed by atoms with Gasteiger partial charge in [-0.25, -0.2) is 4.98 Å². The van der Waals surface area contributed by atoms with Gasteiger partial charge in [0.2, 0.25) is 5.91 Å². The topological polar surface area (TPSA) is 82.6 Å². The largest absolute Gasteiger partial charge is 0.353 e. The molecule has 2 fully saturated rings. The van der Waals surface area contributed by atoms with Gasteiger partial charge in [-0.3, -0.25) is 14.5 Å². The molecule has 9 heteroatoms. The molecule has 4 rings (SSSR count). The first-order valence-electron chi connectivity index (χ1n) is 14.1. The van der Waals surface area contributed by atoms with Gasteiger partial charge in [-0.05, 0) is 57.4 Å². The Balaban J connectivity index is 1.38. The SMILES string of the molecule is C=C(CN1CCN(C)CC1)C(=O)CC[C@@H](NC(=O)[C@@H](CC(C)=O)Cc1nc2ccc(Cl)cc2s1)C1CCCC1. The van der Waals surface area contributed by atoms with Crippen LogP contribution in [0.2, 0.25) is 5.02 Å². The molecule has 0 radical (unpaired) electrons. The standard InChI is InChI=1S/C30H41ClN4O3S/c1-20(19-35-14-12-34(3)13-15-35)27(37)11-10-25(22-6-4-5-7-22)33-30(38)23(16-21(2)36)17-29-32-26-9-8-24(31)18-28(26)39-29/h8-9,18,22-23,25H,1,4-7,10-17,19H2,2-3H3,(H,33,38)/t23-,25+/m0/s1. The Kier molecular flexibility index (Phi) is 10.7. The molecule has 2 aromatic rings. The molecule has 1 saturated carbocycles. The van der Waals surface area contributed by atoms with Gasteiger partial charge >= 0.3 is 0 Å². The fraction of sp³-hybridized carbons (Fsp3) is 0.600. The zero-order valence-corrected chi connectivity index (χ0v) is 24.8. The Morgan fingerprint density at radius 2 is 1.90 bits per heavy atom. The molecule has 1 aromatic carbocycles. The number of ketones is 2. The van der Waals surface area contributed by atoms with Gasteiger partial charge in [0, 0.05) is 68.6 Å². The van der Waals surface area contributed by atoms with Crippen LogP contribution in [0.25, 0.3) is 10.2 Å². The maximum Gasteiger partial charge on any atom is 0.224 e. The molecule has 0 spiro atoms. The highest BCUT2D eigenvalue weighted by atomic mass is 35.5. The number of likely N-dealkylation sites (N-methyl/N-ethyl adjacent to an activating group) is 1. The predicted molar refractivity (Wildman–Crippen MR) is 158 cm³/mol. The van der Waals surface area contributed by atoms with Crippen LogP contribution in [0.4, 0.5) is 0 Å². The van der Waals surface area contributed by atoms with Gasteiger partial charge in [0.1, 0.15) is 5.78 Å². The highest BCUT2D eigenvalue weighted by molar-refractivity contribution is 7.18. The van der Waals surface area contributed by atoms with Crippen molar-refractivity contribution in [1.29, 1.82) is 0 Å². The van der Waals surface area contributed by atoms with Crippen molar-refractivity contribution in [3.8, 4) is 0 Å². The molecule has 212 valence electrons. The molecule has 1 aromatic heterocycles. The first-order valence-corrected chi connectivity index (χ1v) is 15.3. The first-order chi connectivity index (χ1) is 18.7. The Morgan fingerprint density at radius 3 is 2.59 bits per heavy atom. The van der Waals surface area contributed by atoms with Crippen molar-refractivity contribution >= 4 is 50.6 Å². The number of hydrogen-bond donors (Lipinski definition) is 1. The summed E-state index contributed by atoms with van der Waals surface area (Å²) in [5, 5.41) is 4.74. The lowest BCUT2D eigenvalue weighted by atomic mass is 9.90. The number of rotatable bonds is 13. The first kappa shape index (κ1) is 29.8. The van der Waals surface area contributed by atoms with Crippen molar-refractivity contribution in [3.05, 3.63) is 40.4 Å². The summed E-state index contributed by atoms with van der Waals surface area (Å²) in [7, 11) is 2.12. The summed E-state index contributed by atoms with van der Waals surface area (Å²) < 4.78 is 0.971. The molecule has 1 saturated heterocycles. The maximum atomic E-state index is 13.6. The second kappa shape index (κ2) is 14.0. The number of benzene rings is 1. The van der Waals surface area contributed by atoms with E-state index in [1.807, 2.05) is 12.1 Å². The number of nitrogens with zero attached hydrogens (tertiary/aromatic N) is 3. The van der Waals surface area contributed by atoms with Crippen LogP contribution in [0.3, 0.4) is 0 Å². The van der Waals surface area contributed by atoms with Crippen molar-refractivity contribution in [3.63, 3.8) is 0 Å². The number of halogens is 1. The van der Waals surface area contributed by atoms with Crippen molar-refractivity contribution in [2.75, 3.05) is 39.8 Å². The number of piperazine rings is 1. The van der Waals surface area contributed by atoms with Gasteiger partial charge in [-0.1, -0.05) is 31.0 Å². The number of hydrogen-bond acceptors (Lipinski definition) is 7. The van der Waals surface area contributed by atoms with Crippen molar-refractivity contribution in [1.82, 2.24) is 20.1 Å². The second-order valence-corrected chi connectivity index (χ2v) is 12.9. The number of amides is 1. The summed E-state index contributed by atoms with van der Waals surface area (Å²) in [6, 6.07) is 5.48. The van der Waals surface area contributed by atoms with Gasteiger partial charge in [-0.2, -0.15) is 0 Å². The number of thiazole rings is 1. The van der Waals surface area contributed by atoms with Gasteiger partial charge in [0.05, 0.1) is 21.1 Å². The lowest BCUT2D eigenvalue weighted by Crippen LogP contribution is -2.45. The van der Waals surface area contributed by atoms with Crippen LogP contribution < -0.4 is 5.32 Å². The fourth-order valence-corrected chi connectivity index (χ4v) is 7.09. The smallest absolute Gasteiger partial charge is 0.224 e. The number of carbonyl (C=O) groups excluding carboxylic acids is 3. The molecule has 7 nitrogen and oxygen atoms in total. The van der Waals surface area contributed by atoms with E-state index in [4.69, 9.17) is 11.6 Å². The van der Waals surface area contributed by atoms with Crippen LogP contribution in [-0.2, 0) is 20.8 Å². The minimum absolute atomic E-state index is 0.0212. The fourth-order valence-electron chi connectivity index (χ4n) is 5.76. The van der Waals surface area contributed by atoms with Gasteiger partial charge < -0.3 is 15.0 Å². The van der Waals surface area contributed by atoms with Crippen molar-refractivity contribution < 1.29 is 14.4 Å². The Bertz CT molecular complexity index is 1180. The number of nitrogens with one attached hydrogen (secondary N) is 1. The summed E-state index contributed by atoms with van der Waals surface area (Å²) in [6.07, 6.45) is 5.95. The monoisotopic (exact) mass is 572 g/mol. The lowest BCUT2D eigenvalue weighted by Gasteiger charge is -2.32. The molecule has 1 amide bonds. The van der Waals surface area contributed by atoms with Crippen molar-refractivity contribution in [2.24, 2.45) is 11.8 Å². The average Bonchev–Trinajstić information content (AvgIpc) is 3.56. The van der Waals surface area contributed by atoms with Crippen LogP contribution in [0.1, 0.15) is 56.9 Å². The van der Waals surface area contributed by atoms with E-state index in [9.17, 15) is 14.4 Å². The highest BCUT2D eigenvalue weighted by Crippen LogP contribution is 2.31. The molecule has 1 aliphatic carbocycles. The summed E-state index contributed by atoms with van der Waals surface area (Å²) in [5.41, 5.74) is 1.50. The van der Waals surface area contributed by atoms with Crippen LogP contribution in [0.5, 0.6) is 0 Å². The summed E-state index contributed by atoms with van der Waals surface area (Å²) in [4.78, 5) is 47.9. The average molecular weight is 573 g/mol. The number of aromatic nitrogens is 1. The Hall–Kier alpha value is -2.13. The Labute approximate surface area is 241 Å². The zero-order chi connectivity index (χ0) is 27.9. The highest BCUT2D eigenvalue weighted by Gasteiger charge is 2.31. The summed E-state index contributed by atoms with van der Waals surface area (Å²) >= 11 is 7.65. The molecule has 39 heavy (non-hydrogen) atoms.